The first-order chi connectivity index (χ1) is 13.1. The lowest BCUT2D eigenvalue weighted by atomic mass is 10.1. The Bertz CT molecular complexity index is 949. The second-order valence-electron chi connectivity index (χ2n) is 6.51. The van der Waals surface area contributed by atoms with Crippen molar-refractivity contribution in [1.82, 2.24) is 9.88 Å². The van der Waals surface area contributed by atoms with E-state index in [9.17, 15) is 4.79 Å². The first kappa shape index (κ1) is 18.0. The standard InChI is InChI=1S/C21H20ClN3OS/c1-15-23-19(16-7-3-2-4-8-16)20(27-15)21(26)25-13-11-24(12-14-25)18-10-6-5-9-17(18)22/h2-10H,11-14H2,1H3. The van der Waals surface area contributed by atoms with Gasteiger partial charge in [-0.15, -0.1) is 11.3 Å². The average molecular weight is 398 g/mol. The summed E-state index contributed by atoms with van der Waals surface area (Å²) in [6.45, 7) is 4.84. The van der Waals surface area contributed by atoms with E-state index in [1.54, 1.807) is 0 Å². The molecular weight excluding hydrogens is 378 g/mol. The van der Waals surface area contributed by atoms with Crippen LogP contribution in [0.1, 0.15) is 14.7 Å². The summed E-state index contributed by atoms with van der Waals surface area (Å²) in [5.74, 6) is 0.0678. The van der Waals surface area contributed by atoms with Crippen LogP contribution in [-0.2, 0) is 0 Å². The highest BCUT2D eigenvalue weighted by Gasteiger charge is 2.27. The molecular formula is C21H20ClN3OS. The molecule has 3 aromatic rings. The number of aromatic nitrogens is 1. The number of hydrogen-bond acceptors (Lipinski definition) is 4. The number of aryl methyl sites for hydroxylation is 1. The van der Waals surface area contributed by atoms with E-state index in [1.165, 1.54) is 11.3 Å². The number of rotatable bonds is 3. The summed E-state index contributed by atoms with van der Waals surface area (Å²) < 4.78 is 0. The van der Waals surface area contributed by atoms with Crippen molar-refractivity contribution in [3.8, 4) is 11.3 Å². The molecule has 0 unspecified atom stereocenters. The van der Waals surface area contributed by atoms with Gasteiger partial charge in [0.15, 0.2) is 0 Å². The fourth-order valence-corrected chi connectivity index (χ4v) is 4.53. The molecule has 1 aliphatic rings. The fourth-order valence-electron chi connectivity index (χ4n) is 3.37. The number of para-hydroxylation sites is 1. The molecule has 2 heterocycles. The van der Waals surface area contributed by atoms with Gasteiger partial charge in [-0.25, -0.2) is 4.98 Å². The minimum absolute atomic E-state index is 0.0678. The third kappa shape index (κ3) is 3.70. The van der Waals surface area contributed by atoms with E-state index >= 15 is 0 Å². The summed E-state index contributed by atoms with van der Waals surface area (Å²) in [5, 5.41) is 1.66. The summed E-state index contributed by atoms with van der Waals surface area (Å²) in [6.07, 6.45) is 0. The molecule has 0 saturated carbocycles. The second kappa shape index (κ2) is 7.71. The molecule has 6 heteroatoms. The lowest BCUT2D eigenvalue weighted by Crippen LogP contribution is -2.48. The number of hydrogen-bond donors (Lipinski definition) is 0. The minimum atomic E-state index is 0.0678. The summed E-state index contributed by atoms with van der Waals surface area (Å²) in [7, 11) is 0. The van der Waals surface area contributed by atoms with Gasteiger partial charge >= 0.3 is 0 Å². The third-order valence-corrected chi connectivity index (χ3v) is 6.01. The molecule has 0 atom stereocenters. The highest BCUT2D eigenvalue weighted by Crippen LogP contribution is 2.30. The van der Waals surface area contributed by atoms with E-state index < -0.39 is 0 Å². The van der Waals surface area contributed by atoms with Gasteiger partial charge in [-0.05, 0) is 19.1 Å². The molecule has 4 nitrogen and oxygen atoms in total. The van der Waals surface area contributed by atoms with E-state index in [-0.39, 0.29) is 5.91 Å². The molecule has 27 heavy (non-hydrogen) atoms. The Morgan fingerprint density at radius 3 is 2.37 bits per heavy atom. The van der Waals surface area contributed by atoms with Crippen molar-refractivity contribution >= 4 is 34.5 Å². The molecule has 4 rings (SSSR count). The topological polar surface area (TPSA) is 36.4 Å². The molecule has 1 saturated heterocycles. The number of thiazole rings is 1. The molecule has 0 N–H and O–H groups in total. The maximum absolute atomic E-state index is 13.2. The van der Waals surface area contributed by atoms with Crippen molar-refractivity contribution in [3.05, 3.63) is 69.5 Å². The van der Waals surface area contributed by atoms with Crippen molar-refractivity contribution in [2.75, 3.05) is 31.1 Å². The molecule has 1 aliphatic heterocycles. The van der Waals surface area contributed by atoms with Crippen molar-refractivity contribution < 1.29 is 4.79 Å². The largest absolute Gasteiger partial charge is 0.367 e. The highest BCUT2D eigenvalue weighted by molar-refractivity contribution is 7.14. The van der Waals surface area contributed by atoms with Gasteiger partial charge in [0.25, 0.3) is 5.91 Å². The second-order valence-corrected chi connectivity index (χ2v) is 8.12. The first-order valence-electron chi connectivity index (χ1n) is 8.95. The van der Waals surface area contributed by atoms with Crippen molar-refractivity contribution in [2.45, 2.75) is 6.92 Å². The van der Waals surface area contributed by atoms with Crippen LogP contribution in [0.25, 0.3) is 11.3 Å². The van der Waals surface area contributed by atoms with Crippen LogP contribution in [0.5, 0.6) is 0 Å². The highest BCUT2D eigenvalue weighted by atomic mass is 35.5. The monoisotopic (exact) mass is 397 g/mol. The number of anilines is 1. The maximum Gasteiger partial charge on any atom is 0.266 e. The van der Waals surface area contributed by atoms with Crippen molar-refractivity contribution in [3.63, 3.8) is 0 Å². The number of benzene rings is 2. The average Bonchev–Trinajstić information content (AvgIpc) is 3.10. The van der Waals surface area contributed by atoms with Gasteiger partial charge in [-0.3, -0.25) is 4.79 Å². The number of nitrogens with zero attached hydrogens (tertiary/aromatic N) is 3. The van der Waals surface area contributed by atoms with Gasteiger partial charge in [0, 0.05) is 31.7 Å². The molecule has 1 fully saturated rings. The lowest BCUT2D eigenvalue weighted by Gasteiger charge is -2.36. The fraction of sp³-hybridized carbons (Fsp3) is 0.238. The lowest BCUT2D eigenvalue weighted by molar-refractivity contribution is 0.0752. The quantitative estimate of drug-likeness (QED) is 0.640. The summed E-state index contributed by atoms with van der Waals surface area (Å²) >= 11 is 7.79. The molecule has 0 aliphatic carbocycles. The van der Waals surface area contributed by atoms with Gasteiger partial charge in [0.2, 0.25) is 0 Å². The van der Waals surface area contributed by atoms with Gasteiger partial charge in [0.05, 0.1) is 21.4 Å². The number of amides is 1. The molecule has 2 aromatic carbocycles. The van der Waals surface area contributed by atoms with Gasteiger partial charge < -0.3 is 9.80 Å². The Hall–Kier alpha value is -2.37. The smallest absolute Gasteiger partial charge is 0.266 e. The molecule has 1 aromatic heterocycles. The molecule has 138 valence electrons. The van der Waals surface area contributed by atoms with Crippen LogP contribution in [0.2, 0.25) is 5.02 Å². The Balaban J connectivity index is 1.52. The first-order valence-corrected chi connectivity index (χ1v) is 10.1. The van der Waals surface area contributed by atoms with Crippen LogP contribution in [-0.4, -0.2) is 42.0 Å². The van der Waals surface area contributed by atoms with Crippen LogP contribution in [0.3, 0.4) is 0 Å². The van der Waals surface area contributed by atoms with Crippen LogP contribution in [0, 0.1) is 6.92 Å². The number of carbonyl (C=O) groups excluding carboxylic acids is 1. The zero-order valence-electron chi connectivity index (χ0n) is 15.1. The zero-order chi connectivity index (χ0) is 18.8. The Morgan fingerprint density at radius 1 is 1.00 bits per heavy atom. The SMILES string of the molecule is Cc1nc(-c2ccccc2)c(C(=O)N2CCN(c3ccccc3Cl)CC2)s1. The maximum atomic E-state index is 13.2. The van der Waals surface area contributed by atoms with Crippen LogP contribution < -0.4 is 4.90 Å². The molecule has 0 spiro atoms. The van der Waals surface area contributed by atoms with E-state index in [2.05, 4.69) is 9.88 Å². The third-order valence-electron chi connectivity index (χ3n) is 4.74. The van der Waals surface area contributed by atoms with Crippen LogP contribution in [0.15, 0.2) is 54.6 Å². The number of halogens is 1. The summed E-state index contributed by atoms with van der Waals surface area (Å²) in [6, 6.07) is 17.8. The minimum Gasteiger partial charge on any atom is -0.367 e. The van der Waals surface area contributed by atoms with E-state index in [0.717, 1.165) is 44.9 Å². The van der Waals surface area contributed by atoms with E-state index in [0.29, 0.717) is 13.1 Å². The molecule has 1 amide bonds. The van der Waals surface area contributed by atoms with Crippen LogP contribution in [0.4, 0.5) is 5.69 Å². The number of piperazine rings is 1. The number of carbonyl (C=O) groups is 1. The Morgan fingerprint density at radius 2 is 1.67 bits per heavy atom. The molecule has 0 bridgehead atoms. The Kier molecular flexibility index (Phi) is 5.14. The normalized spacial score (nSPS) is 14.4. The van der Waals surface area contributed by atoms with E-state index in [1.807, 2.05) is 66.4 Å². The zero-order valence-corrected chi connectivity index (χ0v) is 16.6. The molecule has 0 radical (unpaired) electrons. The Labute approximate surface area is 168 Å². The van der Waals surface area contributed by atoms with Crippen LogP contribution >= 0.6 is 22.9 Å². The van der Waals surface area contributed by atoms with Gasteiger partial charge in [-0.1, -0.05) is 54.1 Å². The van der Waals surface area contributed by atoms with Gasteiger partial charge in [-0.2, -0.15) is 0 Å². The van der Waals surface area contributed by atoms with E-state index in [4.69, 9.17) is 11.6 Å². The predicted octanol–water partition coefficient (Wildman–Crippen LogP) is 4.73. The summed E-state index contributed by atoms with van der Waals surface area (Å²) in [5.41, 5.74) is 2.81. The summed E-state index contributed by atoms with van der Waals surface area (Å²) in [4.78, 5) is 22.7. The predicted molar refractivity (Wildman–Crippen MR) is 112 cm³/mol. The van der Waals surface area contributed by atoms with Gasteiger partial charge in [0.1, 0.15) is 4.88 Å². The van der Waals surface area contributed by atoms with Crippen molar-refractivity contribution in [1.29, 1.82) is 0 Å². The van der Waals surface area contributed by atoms with Crippen molar-refractivity contribution in [2.24, 2.45) is 0 Å².